The van der Waals surface area contributed by atoms with Crippen molar-refractivity contribution in [1.29, 1.82) is 0 Å². The predicted octanol–water partition coefficient (Wildman–Crippen LogP) is -1.62. The van der Waals surface area contributed by atoms with Gasteiger partial charge in [-0.25, -0.2) is 0 Å². The Hall–Kier alpha value is -0.780. The van der Waals surface area contributed by atoms with Crippen LogP contribution in [0.15, 0.2) is 6.07 Å². The van der Waals surface area contributed by atoms with Crippen LogP contribution in [0.1, 0.15) is 10.5 Å². The Morgan fingerprint density at radius 3 is 2.53 bits per heavy atom. The number of nitrogens with zero attached hydrogens (tertiary/aromatic N) is 2. The second-order valence-corrected chi connectivity index (χ2v) is 4.17. The molecule has 1 rings (SSSR count). The molecule has 0 aromatic carbocycles. The molecule has 0 spiro atoms. The number of rotatable bonds is 2. The number of aromatic nitrogens is 2. The van der Waals surface area contributed by atoms with E-state index < -0.39 is 11.4 Å². The van der Waals surface area contributed by atoms with E-state index in [9.17, 15) is 9.90 Å². The zero-order valence-electron chi connectivity index (χ0n) is 8.08. The molecule has 15 heavy (non-hydrogen) atoms. The van der Waals surface area contributed by atoms with Crippen molar-refractivity contribution >= 4 is 44.8 Å². The van der Waals surface area contributed by atoms with Gasteiger partial charge in [-0.15, -0.1) is 10.2 Å². The van der Waals surface area contributed by atoms with E-state index in [4.69, 9.17) is 23.2 Å². The predicted molar refractivity (Wildman–Crippen MR) is 61.6 cm³/mol. The Morgan fingerprint density at radius 2 is 2.07 bits per heavy atom. The molecule has 0 atom stereocenters. The van der Waals surface area contributed by atoms with Gasteiger partial charge < -0.3 is 10.4 Å². The van der Waals surface area contributed by atoms with Gasteiger partial charge >= 0.3 is 0 Å². The molecule has 0 radical (unpaired) electrons. The normalized spacial score (nSPS) is 11.1. The lowest BCUT2D eigenvalue weighted by molar-refractivity contribution is 0.0835. The van der Waals surface area contributed by atoms with Crippen molar-refractivity contribution in [3.05, 3.63) is 21.9 Å². The van der Waals surface area contributed by atoms with Crippen LogP contribution < -0.4 is 5.32 Å². The van der Waals surface area contributed by atoms with E-state index in [-0.39, 0.29) is 15.9 Å². The average Bonchev–Trinajstić information content (AvgIpc) is 1.99. The molecular weight excluding hydrogens is 239 g/mol. The summed E-state index contributed by atoms with van der Waals surface area (Å²) in [4.78, 5) is 11.5. The van der Waals surface area contributed by atoms with Crippen molar-refractivity contribution in [3.63, 3.8) is 0 Å². The quantitative estimate of drug-likeness (QED) is 0.485. The van der Waals surface area contributed by atoms with Crippen LogP contribution >= 0.6 is 23.2 Å². The number of halogens is 2. The molecule has 1 heterocycles. The Kier molecular flexibility index (Phi) is 3.59. The Balaban J connectivity index is 2.92. The van der Waals surface area contributed by atoms with Gasteiger partial charge in [-0.1, -0.05) is 23.2 Å². The lowest BCUT2D eigenvalue weighted by atomic mass is 9.73. The number of amides is 1. The van der Waals surface area contributed by atoms with Gasteiger partial charge in [-0.2, -0.15) is 0 Å². The smallest absolute Gasteiger partial charge is 0.274 e. The molecule has 0 aliphatic rings. The lowest BCUT2D eigenvalue weighted by Crippen LogP contribution is -2.49. The van der Waals surface area contributed by atoms with Gasteiger partial charge in [-0.05, 0) is 6.07 Å². The summed E-state index contributed by atoms with van der Waals surface area (Å²) < 4.78 is 0. The van der Waals surface area contributed by atoms with Crippen LogP contribution in [0.3, 0.4) is 0 Å². The number of carbonyl (C=O) groups excluding carboxylic acids is 1. The minimum atomic E-state index is -1.35. The molecule has 0 unspecified atom stereocenters. The second-order valence-electron chi connectivity index (χ2n) is 3.38. The third kappa shape index (κ3) is 3.70. The molecule has 0 saturated heterocycles. The number of carbonyl (C=O) groups is 1. The van der Waals surface area contributed by atoms with Gasteiger partial charge in [0.1, 0.15) is 0 Å². The fourth-order valence-corrected chi connectivity index (χ4v) is 1.27. The number of hydrogen-bond donors (Lipinski definition) is 2. The van der Waals surface area contributed by atoms with Gasteiger partial charge in [0.15, 0.2) is 26.5 Å². The van der Waals surface area contributed by atoms with Crippen LogP contribution in [0.4, 0.5) is 0 Å². The summed E-state index contributed by atoms with van der Waals surface area (Å²) in [6.07, 6.45) is 0. The highest BCUT2D eigenvalue weighted by atomic mass is 35.5. The molecule has 0 aliphatic heterocycles. The number of hydrogen-bond acceptors (Lipinski definition) is 4. The van der Waals surface area contributed by atoms with E-state index in [1.54, 1.807) is 0 Å². The fraction of sp³-hybridized carbons (Fsp3) is 0.167. The average molecular weight is 246 g/mol. The molecule has 2 N–H and O–H groups in total. The minimum absolute atomic E-state index is 0.0803. The molecule has 1 aromatic heterocycles. The van der Waals surface area contributed by atoms with E-state index in [0.29, 0.717) is 0 Å². The molecule has 78 valence electrons. The highest BCUT2D eigenvalue weighted by Crippen LogP contribution is 2.16. The summed E-state index contributed by atoms with van der Waals surface area (Å²) in [5.74, 6) is -0.614. The van der Waals surface area contributed by atoms with Crippen LogP contribution in [0.25, 0.3) is 0 Å². The zero-order chi connectivity index (χ0) is 11.6. The van der Waals surface area contributed by atoms with Crippen LogP contribution in [-0.4, -0.2) is 42.4 Å². The molecule has 0 bridgehead atoms. The van der Waals surface area contributed by atoms with E-state index >= 15 is 0 Å². The Morgan fingerprint density at radius 1 is 1.47 bits per heavy atom. The summed E-state index contributed by atoms with van der Waals surface area (Å²) in [6, 6.07) is 1.30. The largest absolute Gasteiger partial charge is 0.388 e. The van der Waals surface area contributed by atoms with E-state index in [0.717, 1.165) is 0 Å². The molecule has 0 saturated carbocycles. The first kappa shape index (κ1) is 12.3. The number of nitrogens with one attached hydrogen (secondary N) is 1. The van der Waals surface area contributed by atoms with Gasteiger partial charge in [-0.3, -0.25) is 4.79 Å². The summed E-state index contributed by atoms with van der Waals surface area (Å²) in [6.45, 7) is 0. The molecule has 9 heteroatoms. The lowest BCUT2D eigenvalue weighted by Gasteiger charge is -2.19. The molecule has 1 aromatic rings. The molecule has 0 aliphatic carbocycles. The maximum absolute atomic E-state index is 11.5. The monoisotopic (exact) mass is 245 g/mol. The minimum Gasteiger partial charge on any atom is -0.388 e. The standard InChI is InChI=1S/C6H7B2Cl2N3O2/c7-6(8,15)11-5(14)4-2(9)1-3(10)12-13-4/h1,15H,7-8H2,(H,11,14). The van der Waals surface area contributed by atoms with E-state index in [1.807, 2.05) is 0 Å². The van der Waals surface area contributed by atoms with Crippen LogP contribution in [0.2, 0.25) is 10.2 Å². The first-order valence-corrected chi connectivity index (χ1v) is 4.79. The number of aliphatic hydroxyl groups is 1. The highest BCUT2D eigenvalue weighted by molar-refractivity contribution is 6.40. The van der Waals surface area contributed by atoms with Crippen LogP contribution in [0, 0.1) is 0 Å². The molecule has 0 fully saturated rings. The second kappa shape index (κ2) is 4.38. The van der Waals surface area contributed by atoms with E-state index in [2.05, 4.69) is 15.5 Å². The summed E-state index contributed by atoms with van der Waals surface area (Å²) in [5, 5.41) is 18.8. The summed E-state index contributed by atoms with van der Waals surface area (Å²) >= 11 is 11.2. The Labute approximate surface area is 98.0 Å². The van der Waals surface area contributed by atoms with Crippen molar-refractivity contribution in [2.45, 2.75) is 5.52 Å². The maximum Gasteiger partial charge on any atom is 0.274 e. The SMILES string of the molecule is BC(B)(O)NC(=O)c1nnc(Cl)cc1Cl. The molecule has 5 nitrogen and oxygen atoms in total. The molecule has 1 amide bonds. The third-order valence-corrected chi connectivity index (χ3v) is 1.82. The van der Waals surface area contributed by atoms with Crippen LogP contribution in [-0.2, 0) is 0 Å². The summed E-state index contributed by atoms with van der Waals surface area (Å²) in [5.41, 5.74) is -1.43. The third-order valence-electron chi connectivity index (χ3n) is 1.35. The van der Waals surface area contributed by atoms with Gasteiger partial charge in [0.05, 0.1) is 10.5 Å². The van der Waals surface area contributed by atoms with Crippen LogP contribution in [0.5, 0.6) is 0 Å². The van der Waals surface area contributed by atoms with Gasteiger partial charge in [0.2, 0.25) is 0 Å². The van der Waals surface area contributed by atoms with Crippen molar-refractivity contribution in [2.75, 3.05) is 0 Å². The van der Waals surface area contributed by atoms with E-state index in [1.165, 1.54) is 21.8 Å². The van der Waals surface area contributed by atoms with Crippen molar-refractivity contribution in [3.8, 4) is 0 Å². The molecular formula is C6H7B2Cl2N3O2. The topological polar surface area (TPSA) is 75.1 Å². The van der Waals surface area contributed by atoms with Crippen molar-refractivity contribution < 1.29 is 9.90 Å². The fourth-order valence-electron chi connectivity index (χ4n) is 0.838. The first-order valence-electron chi connectivity index (χ1n) is 4.03. The zero-order valence-corrected chi connectivity index (χ0v) is 9.60. The maximum atomic E-state index is 11.5. The Bertz CT molecular complexity index is 396. The van der Waals surface area contributed by atoms with Crippen molar-refractivity contribution in [2.24, 2.45) is 0 Å². The highest BCUT2D eigenvalue weighted by Gasteiger charge is 2.20. The summed E-state index contributed by atoms with van der Waals surface area (Å²) in [7, 11) is 2.84. The van der Waals surface area contributed by atoms with Crippen molar-refractivity contribution in [1.82, 2.24) is 15.5 Å². The first-order chi connectivity index (χ1) is 6.79. The van der Waals surface area contributed by atoms with Gasteiger partial charge in [0, 0.05) is 0 Å². The van der Waals surface area contributed by atoms with Gasteiger partial charge in [0.25, 0.3) is 5.91 Å².